The fourth-order valence-electron chi connectivity index (χ4n) is 1.67. The summed E-state index contributed by atoms with van der Waals surface area (Å²) < 4.78 is 5.74. The third kappa shape index (κ3) is 2.30. The highest BCUT2D eigenvalue weighted by Gasteiger charge is 2.21. The van der Waals surface area contributed by atoms with Crippen molar-refractivity contribution in [2.45, 2.75) is 26.1 Å². The van der Waals surface area contributed by atoms with Crippen LogP contribution in [0.4, 0.5) is 0 Å². The molecule has 2 N–H and O–H groups in total. The molecule has 0 radical (unpaired) electrons. The first-order valence-corrected chi connectivity index (χ1v) is 5.03. The molecular weight excluding hydrogens is 180 g/mol. The van der Waals surface area contributed by atoms with Crippen LogP contribution in [0.25, 0.3) is 0 Å². The number of rotatable bonds is 3. The van der Waals surface area contributed by atoms with E-state index in [2.05, 4.69) is 27.4 Å². The summed E-state index contributed by atoms with van der Waals surface area (Å²) in [6.45, 7) is 4.79. The van der Waals surface area contributed by atoms with Crippen LogP contribution in [0.3, 0.4) is 0 Å². The van der Waals surface area contributed by atoms with Crippen molar-refractivity contribution >= 4 is 0 Å². The molecule has 0 saturated carbocycles. The van der Waals surface area contributed by atoms with Crippen molar-refractivity contribution in [2.75, 3.05) is 13.1 Å². The largest absolute Gasteiger partial charge is 0.369 e. The van der Waals surface area contributed by atoms with Crippen LogP contribution < -0.4 is 5.32 Å². The third-order valence-corrected chi connectivity index (χ3v) is 2.66. The van der Waals surface area contributed by atoms with Gasteiger partial charge in [-0.1, -0.05) is 6.92 Å². The smallest absolute Gasteiger partial charge is 0.150 e. The minimum atomic E-state index is 0.300. The molecule has 0 aliphatic carbocycles. The maximum Gasteiger partial charge on any atom is 0.150 e. The third-order valence-electron chi connectivity index (χ3n) is 2.66. The zero-order chi connectivity index (χ0) is 9.80. The van der Waals surface area contributed by atoms with Gasteiger partial charge in [-0.05, 0) is 18.9 Å². The second kappa shape index (κ2) is 4.52. The van der Waals surface area contributed by atoms with Gasteiger partial charge < -0.3 is 10.1 Å². The Morgan fingerprint density at radius 2 is 2.57 bits per heavy atom. The number of hydrogen-bond acceptors (Lipinski definition) is 4. The zero-order valence-corrected chi connectivity index (χ0v) is 8.36. The zero-order valence-electron chi connectivity index (χ0n) is 8.36. The number of aromatic nitrogens is 3. The predicted molar refractivity (Wildman–Crippen MR) is 51.6 cm³/mol. The van der Waals surface area contributed by atoms with Crippen LogP contribution in [0.15, 0.2) is 6.33 Å². The van der Waals surface area contributed by atoms with Gasteiger partial charge in [0, 0.05) is 6.54 Å². The molecule has 2 rings (SSSR count). The van der Waals surface area contributed by atoms with Crippen LogP contribution in [-0.2, 0) is 11.3 Å². The number of H-pyrrole nitrogens is 1. The first kappa shape index (κ1) is 9.61. The van der Waals surface area contributed by atoms with Crippen LogP contribution in [-0.4, -0.2) is 34.4 Å². The van der Waals surface area contributed by atoms with Gasteiger partial charge in [-0.2, -0.15) is 5.10 Å². The second-order valence-corrected chi connectivity index (χ2v) is 3.75. The lowest BCUT2D eigenvalue weighted by atomic mass is 9.97. The molecule has 5 heteroatoms. The molecule has 1 aliphatic rings. The maximum absolute atomic E-state index is 5.74. The normalized spacial score (nSPS) is 27.8. The van der Waals surface area contributed by atoms with Crippen molar-refractivity contribution in [1.82, 2.24) is 20.5 Å². The Balaban J connectivity index is 1.79. The number of aromatic amines is 1. The Labute approximate surface area is 83.3 Å². The molecule has 78 valence electrons. The topological polar surface area (TPSA) is 62.8 Å². The van der Waals surface area contributed by atoms with E-state index in [1.54, 1.807) is 0 Å². The van der Waals surface area contributed by atoms with Crippen LogP contribution >= 0.6 is 0 Å². The summed E-state index contributed by atoms with van der Waals surface area (Å²) >= 11 is 0. The van der Waals surface area contributed by atoms with Gasteiger partial charge >= 0.3 is 0 Å². The van der Waals surface area contributed by atoms with Gasteiger partial charge in [0.1, 0.15) is 18.8 Å². The van der Waals surface area contributed by atoms with Crippen molar-refractivity contribution in [3.05, 3.63) is 12.2 Å². The average molecular weight is 196 g/mol. The Bertz CT molecular complexity index is 262. The molecule has 1 saturated heterocycles. The molecule has 1 aromatic heterocycles. The number of hydrogen-bond donors (Lipinski definition) is 2. The molecule has 2 atom stereocenters. The van der Waals surface area contributed by atoms with Gasteiger partial charge in [-0.25, -0.2) is 4.98 Å². The minimum absolute atomic E-state index is 0.300. The molecule has 1 fully saturated rings. The lowest BCUT2D eigenvalue weighted by molar-refractivity contribution is -0.00934. The Hall–Kier alpha value is -0.940. The van der Waals surface area contributed by atoms with E-state index in [9.17, 15) is 0 Å². The molecule has 0 aromatic carbocycles. The first-order chi connectivity index (χ1) is 6.86. The SMILES string of the molecule is CC1CCNCC1OCc1ncn[nH]1. The summed E-state index contributed by atoms with van der Waals surface area (Å²) in [5, 5.41) is 9.88. The average Bonchev–Trinajstić information content (AvgIpc) is 2.69. The maximum atomic E-state index is 5.74. The van der Waals surface area contributed by atoms with Crippen LogP contribution in [0, 0.1) is 5.92 Å². The van der Waals surface area contributed by atoms with Crippen LogP contribution in [0.2, 0.25) is 0 Å². The summed E-state index contributed by atoms with van der Waals surface area (Å²) in [7, 11) is 0. The van der Waals surface area contributed by atoms with E-state index in [4.69, 9.17) is 4.74 Å². The van der Waals surface area contributed by atoms with E-state index in [-0.39, 0.29) is 0 Å². The van der Waals surface area contributed by atoms with E-state index in [1.165, 1.54) is 12.7 Å². The van der Waals surface area contributed by atoms with E-state index in [0.717, 1.165) is 18.9 Å². The highest BCUT2D eigenvalue weighted by atomic mass is 16.5. The quantitative estimate of drug-likeness (QED) is 0.730. The van der Waals surface area contributed by atoms with Gasteiger partial charge in [0.2, 0.25) is 0 Å². The highest BCUT2D eigenvalue weighted by molar-refractivity contribution is 4.79. The molecule has 1 aromatic rings. The van der Waals surface area contributed by atoms with E-state index in [1.807, 2.05) is 0 Å². The Morgan fingerprint density at radius 3 is 3.29 bits per heavy atom. The van der Waals surface area contributed by atoms with Gasteiger partial charge in [-0.15, -0.1) is 0 Å². The monoisotopic (exact) mass is 196 g/mol. The predicted octanol–water partition coefficient (Wildman–Crippen LogP) is 0.319. The standard InChI is InChI=1S/C9H16N4O/c1-7-2-3-10-4-8(7)14-5-9-11-6-12-13-9/h6-8,10H,2-5H2,1H3,(H,11,12,13). The molecule has 0 amide bonds. The van der Waals surface area contributed by atoms with Crippen molar-refractivity contribution in [3.8, 4) is 0 Å². The fraction of sp³-hybridized carbons (Fsp3) is 0.778. The molecule has 0 bridgehead atoms. The molecule has 2 heterocycles. The highest BCUT2D eigenvalue weighted by Crippen LogP contribution is 2.15. The Morgan fingerprint density at radius 1 is 1.64 bits per heavy atom. The van der Waals surface area contributed by atoms with Crippen LogP contribution in [0.1, 0.15) is 19.2 Å². The minimum Gasteiger partial charge on any atom is -0.369 e. The van der Waals surface area contributed by atoms with E-state index in [0.29, 0.717) is 18.6 Å². The molecule has 0 spiro atoms. The van der Waals surface area contributed by atoms with Gasteiger partial charge in [0.05, 0.1) is 6.10 Å². The number of nitrogens with zero attached hydrogens (tertiary/aromatic N) is 2. The molecule has 5 nitrogen and oxygen atoms in total. The molecule has 2 unspecified atom stereocenters. The van der Waals surface area contributed by atoms with Gasteiger partial charge in [-0.3, -0.25) is 5.10 Å². The van der Waals surface area contributed by atoms with Crippen LogP contribution in [0.5, 0.6) is 0 Å². The first-order valence-electron chi connectivity index (χ1n) is 5.03. The Kier molecular flexibility index (Phi) is 3.10. The summed E-state index contributed by atoms with van der Waals surface area (Å²) in [6, 6.07) is 0. The lowest BCUT2D eigenvalue weighted by Crippen LogP contribution is -2.41. The van der Waals surface area contributed by atoms with Crippen molar-refractivity contribution in [2.24, 2.45) is 5.92 Å². The van der Waals surface area contributed by atoms with Crippen molar-refractivity contribution in [1.29, 1.82) is 0 Å². The molecule has 1 aliphatic heterocycles. The number of ether oxygens (including phenoxy) is 1. The van der Waals surface area contributed by atoms with Crippen molar-refractivity contribution in [3.63, 3.8) is 0 Å². The lowest BCUT2D eigenvalue weighted by Gasteiger charge is -2.29. The van der Waals surface area contributed by atoms with Crippen molar-refractivity contribution < 1.29 is 4.74 Å². The second-order valence-electron chi connectivity index (χ2n) is 3.75. The summed E-state index contributed by atoms with van der Waals surface area (Å²) in [5.41, 5.74) is 0. The van der Waals surface area contributed by atoms with E-state index < -0.39 is 0 Å². The van der Waals surface area contributed by atoms with Gasteiger partial charge in [0.25, 0.3) is 0 Å². The fourth-order valence-corrected chi connectivity index (χ4v) is 1.67. The molecule has 14 heavy (non-hydrogen) atoms. The number of piperidine rings is 1. The molecular formula is C9H16N4O. The summed E-state index contributed by atoms with van der Waals surface area (Å²) in [6.07, 6.45) is 2.98. The summed E-state index contributed by atoms with van der Waals surface area (Å²) in [5.74, 6) is 1.42. The number of nitrogens with one attached hydrogen (secondary N) is 2. The van der Waals surface area contributed by atoms with E-state index >= 15 is 0 Å². The summed E-state index contributed by atoms with van der Waals surface area (Å²) in [4.78, 5) is 4.01. The van der Waals surface area contributed by atoms with Gasteiger partial charge in [0.15, 0.2) is 0 Å².